The van der Waals surface area contributed by atoms with Gasteiger partial charge in [-0.2, -0.15) is 0 Å². The molecule has 0 aliphatic rings. The van der Waals surface area contributed by atoms with E-state index in [-0.39, 0.29) is 5.91 Å². The maximum atomic E-state index is 12.6. The minimum Gasteiger partial charge on any atom is -0.486 e. The molecule has 25 heavy (non-hydrogen) atoms. The number of benzene rings is 2. The highest BCUT2D eigenvalue weighted by atomic mass is 32.1. The highest BCUT2D eigenvalue weighted by Gasteiger charge is 2.13. The normalized spacial score (nSPS) is 10.5. The zero-order valence-electron chi connectivity index (χ0n) is 14.3. The number of hydrogen-bond acceptors (Lipinski definition) is 4. The molecule has 3 aromatic rings. The SMILES string of the molecule is CCc1cccc(NC(=O)c2ccccc2OCc2csc(C)n2)c1. The topological polar surface area (TPSA) is 51.2 Å². The number of nitrogens with zero attached hydrogens (tertiary/aromatic N) is 1. The van der Waals surface area contributed by atoms with E-state index in [4.69, 9.17) is 4.74 Å². The first-order chi connectivity index (χ1) is 12.2. The van der Waals surface area contributed by atoms with Crippen molar-refractivity contribution in [3.8, 4) is 5.75 Å². The average molecular weight is 352 g/mol. The Kier molecular flexibility index (Phi) is 5.46. The van der Waals surface area contributed by atoms with Gasteiger partial charge in [0.1, 0.15) is 12.4 Å². The number of aryl methyl sites for hydroxylation is 2. The first kappa shape index (κ1) is 17.2. The number of amides is 1. The van der Waals surface area contributed by atoms with Gasteiger partial charge >= 0.3 is 0 Å². The Morgan fingerprint density at radius 2 is 2.04 bits per heavy atom. The highest BCUT2D eigenvalue weighted by molar-refractivity contribution is 7.09. The van der Waals surface area contributed by atoms with Crippen LogP contribution >= 0.6 is 11.3 Å². The maximum absolute atomic E-state index is 12.6. The van der Waals surface area contributed by atoms with E-state index >= 15 is 0 Å². The van der Waals surface area contributed by atoms with Crippen molar-refractivity contribution >= 4 is 22.9 Å². The lowest BCUT2D eigenvalue weighted by molar-refractivity contribution is 0.102. The van der Waals surface area contributed by atoms with Crippen molar-refractivity contribution in [3.05, 3.63) is 75.7 Å². The molecule has 2 aromatic carbocycles. The summed E-state index contributed by atoms with van der Waals surface area (Å²) in [5.74, 6) is 0.371. The summed E-state index contributed by atoms with van der Waals surface area (Å²) in [6, 6.07) is 15.1. The van der Waals surface area contributed by atoms with Crippen molar-refractivity contribution in [2.75, 3.05) is 5.32 Å². The van der Waals surface area contributed by atoms with Crippen LogP contribution < -0.4 is 10.1 Å². The Morgan fingerprint density at radius 3 is 2.80 bits per heavy atom. The molecule has 0 radical (unpaired) electrons. The summed E-state index contributed by atoms with van der Waals surface area (Å²) in [5.41, 5.74) is 3.35. The molecule has 4 nitrogen and oxygen atoms in total. The van der Waals surface area contributed by atoms with Gasteiger partial charge < -0.3 is 10.1 Å². The lowest BCUT2D eigenvalue weighted by Gasteiger charge is -2.11. The second-order valence-corrected chi connectivity index (χ2v) is 6.71. The largest absolute Gasteiger partial charge is 0.486 e. The number of thiazole rings is 1. The van der Waals surface area contributed by atoms with E-state index in [2.05, 4.69) is 17.2 Å². The van der Waals surface area contributed by atoms with E-state index in [1.54, 1.807) is 23.5 Å². The van der Waals surface area contributed by atoms with Crippen LogP contribution in [-0.4, -0.2) is 10.9 Å². The third-order valence-electron chi connectivity index (χ3n) is 3.77. The van der Waals surface area contributed by atoms with Gasteiger partial charge in [-0.1, -0.05) is 31.2 Å². The van der Waals surface area contributed by atoms with Crippen molar-refractivity contribution in [1.29, 1.82) is 0 Å². The Morgan fingerprint density at radius 1 is 1.20 bits per heavy atom. The fraction of sp³-hybridized carbons (Fsp3) is 0.200. The Balaban J connectivity index is 1.73. The highest BCUT2D eigenvalue weighted by Crippen LogP contribution is 2.22. The van der Waals surface area contributed by atoms with Crippen LogP contribution in [0, 0.1) is 6.92 Å². The van der Waals surface area contributed by atoms with Gasteiger partial charge in [0.15, 0.2) is 0 Å². The summed E-state index contributed by atoms with van der Waals surface area (Å²) < 4.78 is 5.82. The lowest BCUT2D eigenvalue weighted by atomic mass is 10.1. The minimum atomic E-state index is -0.182. The molecular weight excluding hydrogens is 332 g/mol. The van der Waals surface area contributed by atoms with E-state index in [0.717, 1.165) is 22.8 Å². The second-order valence-electron chi connectivity index (χ2n) is 5.65. The first-order valence-electron chi connectivity index (χ1n) is 8.19. The third kappa shape index (κ3) is 4.45. The third-order valence-corrected chi connectivity index (χ3v) is 4.59. The summed E-state index contributed by atoms with van der Waals surface area (Å²) >= 11 is 1.58. The van der Waals surface area contributed by atoms with Crippen molar-refractivity contribution < 1.29 is 9.53 Å². The molecule has 0 atom stereocenters. The van der Waals surface area contributed by atoms with Gasteiger partial charge in [0.25, 0.3) is 5.91 Å². The van der Waals surface area contributed by atoms with Crippen LogP contribution in [0.5, 0.6) is 5.75 Å². The molecule has 0 spiro atoms. The number of rotatable bonds is 6. The molecule has 0 saturated carbocycles. The monoisotopic (exact) mass is 352 g/mol. The summed E-state index contributed by atoms with van der Waals surface area (Å²) in [6.45, 7) is 4.39. The molecule has 0 fully saturated rings. The zero-order chi connectivity index (χ0) is 17.6. The molecular formula is C20H20N2O2S. The number of carbonyl (C=O) groups is 1. The van der Waals surface area contributed by atoms with E-state index in [1.165, 1.54) is 5.56 Å². The predicted molar refractivity (Wildman–Crippen MR) is 101 cm³/mol. The van der Waals surface area contributed by atoms with E-state index < -0.39 is 0 Å². The fourth-order valence-corrected chi connectivity index (χ4v) is 3.07. The molecule has 0 aliphatic heterocycles. The minimum absolute atomic E-state index is 0.182. The number of aromatic nitrogens is 1. The van der Waals surface area contributed by atoms with Gasteiger partial charge in [-0.3, -0.25) is 4.79 Å². The van der Waals surface area contributed by atoms with Gasteiger partial charge in [-0.15, -0.1) is 11.3 Å². The number of anilines is 1. The number of nitrogens with one attached hydrogen (secondary N) is 1. The summed E-state index contributed by atoms with van der Waals surface area (Å²) in [5, 5.41) is 5.91. The van der Waals surface area contributed by atoms with Crippen LogP contribution in [0.2, 0.25) is 0 Å². The van der Waals surface area contributed by atoms with Crippen LogP contribution in [0.15, 0.2) is 53.9 Å². The molecule has 0 saturated heterocycles. The lowest BCUT2D eigenvalue weighted by Crippen LogP contribution is -2.13. The molecule has 128 valence electrons. The number of ether oxygens (including phenoxy) is 1. The molecule has 0 unspecified atom stereocenters. The van der Waals surface area contributed by atoms with Gasteiger partial charge in [0.2, 0.25) is 0 Å². The van der Waals surface area contributed by atoms with Crippen LogP contribution in [0.25, 0.3) is 0 Å². The van der Waals surface area contributed by atoms with Crippen molar-refractivity contribution in [2.24, 2.45) is 0 Å². The molecule has 1 aromatic heterocycles. The summed E-state index contributed by atoms with van der Waals surface area (Å²) in [4.78, 5) is 17.0. The Hall–Kier alpha value is -2.66. The maximum Gasteiger partial charge on any atom is 0.259 e. The Bertz CT molecular complexity index is 873. The van der Waals surface area contributed by atoms with Crippen LogP contribution in [0.3, 0.4) is 0 Å². The standard InChI is InChI=1S/C20H20N2O2S/c1-3-15-7-6-8-16(11-15)22-20(23)18-9-4-5-10-19(18)24-12-17-13-25-14(2)21-17/h4-11,13H,3,12H2,1-2H3,(H,22,23). The van der Waals surface area contributed by atoms with Gasteiger partial charge in [0, 0.05) is 11.1 Å². The molecule has 1 amide bonds. The van der Waals surface area contributed by atoms with E-state index in [0.29, 0.717) is 17.9 Å². The van der Waals surface area contributed by atoms with Crippen LogP contribution in [0.4, 0.5) is 5.69 Å². The van der Waals surface area contributed by atoms with Gasteiger partial charge in [0.05, 0.1) is 16.3 Å². The number of para-hydroxylation sites is 1. The molecule has 0 bridgehead atoms. The predicted octanol–water partition coefficient (Wildman–Crippen LogP) is 4.85. The second kappa shape index (κ2) is 7.94. The molecule has 5 heteroatoms. The van der Waals surface area contributed by atoms with Crippen LogP contribution in [0.1, 0.15) is 33.5 Å². The average Bonchev–Trinajstić information content (AvgIpc) is 3.05. The quantitative estimate of drug-likeness (QED) is 0.690. The molecule has 0 aliphatic carbocycles. The number of carbonyl (C=O) groups excluding carboxylic acids is 1. The van der Waals surface area contributed by atoms with Gasteiger partial charge in [-0.25, -0.2) is 4.98 Å². The van der Waals surface area contributed by atoms with Crippen molar-refractivity contribution in [2.45, 2.75) is 26.9 Å². The Labute approximate surface area is 151 Å². The summed E-state index contributed by atoms with van der Waals surface area (Å²) in [6.07, 6.45) is 0.927. The van der Waals surface area contributed by atoms with Crippen molar-refractivity contribution in [1.82, 2.24) is 4.98 Å². The van der Waals surface area contributed by atoms with Crippen molar-refractivity contribution in [3.63, 3.8) is 0 Å². The van der Waals surface area contributed by atoms with Gasteiger partial charge in [-0.05, 0) is 43.2 Å². The fourth-order valence-electron chi connectivity index (χ4n) is 2.47. The smallest absolute Gasteiger partial charge is 0.259 e. The molecule has 1 N–H and O–H groups in total. The van der Waals surface area contributed by atoms with Crippen LogP contribution in [-0.2, 0) is 13.0 Å². The summed E-state index contributed by atoms with van der Waals surface area (Å²) in [7, 11) is 0. The van der Waals surface area contributed by atoms with E-state index in [9.17, 15) is 4.79 Å². The first-order valence-corrected chi connectivity index (χ1v) is 9.07. The molecule has 3 rings (SSSR count). The van der Waals surface area contributed by atoms with E-state index in [1.807, 2.05) is 48.7 Å². The number of hydrogen-bond donors (Lipinski definition) is 1. The zero-order valence-corrected chi connectivity index (χ0v) is 15.1. The molecule has 1 heterocycles.